The molecule has 1 N–H and O–H groups in total. The Morgan fingerprint density at radius 3 is 2.81 bits per heavy atom. The highest BCUT2D eigenvalue weighted by molar-refractivity contribution is 6.29. The molecule has 0 aliphatic rings. The summed E-state index contributed by atoms with van der Waals surface area (Å²) in [5, 5.41) is 23.5. The number of hydrogen-bond acceptors (Lipinski definition) is 4. The van der Waals surface area contributed by atoms with E-state index in [2.05, 4.69) is 20.4 Å². The molecule has 1 aromatic heterocycles. The summed E-state index contributed by atoms with van der Waals surface area (Å²) in [7, 11) is 0. The number of rotatable bonds is 3. The van der Waals surface area contributed by atoms with Gasteiger partial charge in [0.1, 0.15) is 0 Å². The van der Waals surface area contributed by atoms with Crippen LogP contribution in [0, 0.1) is 11.3 Å². The summed E-state index contributed by atoms with van der Waals surface area (Å²) in [4.78, 5) is 0. The zero-order chi connectivity index (χ0) is 16.1. The second kappa shape index (κ2) is 11.6. The van der Waals surface area contributed by atoms with Crippen LogP contribution in [-0.4, -0.2) is 20.4 Å². The zero-order valence-electron chi connectivity index (χ0n) is 12.7. The normalized spacial score (nSPS) is 11.9. The van der Waals surface area contributed by atoms with Crippen LogP contribution >= 0.6 is 11.6 Å². The van der Waals surface area contributed by atoms with Gasteiger partial charge in [0.25, 0.3) is 0 Å². The van der Waals surface area contributed by atoms with E-state index < -0.39 is 0 Å². The highest BCUT2D eigenvalue weighted by atomic mass is 35.5. The van der Waals surface area contributed by atoms with Crippen LogP contribution in [0.5, 0.6) is 0 Å². The molecule has 0 amide bonds. The molecule has 21 heavy (non-hydrogen) atoms. The number of nitriles is 1. The summed E-state index contributed by atoms with van der Waals surface area (Å²) in [5.41, 5.74) is 0.635. The molecular formula is C15H20ClN5. The van der Waals surface area contributed by atoms with Crippen molar-refractivity contribution in [3.63, 3.8) is 0 Å². The minimum Gasteiger partial charge on any atom is -0.263 e. The predicted octanol–water partition coefficient (Wildman–Crippen LogP) is 4.13. The van der Waals surface area contributed by atoms with Crippen LogP contribution in [0.15, 0.2) is 42.1 Å². The third-order valence-corrected chi connectivity index (χ3v) is 2.38. The van der Waals surface area contributed by atoms with E-state index in [1.165, 1.54) is 0 Å². The van der Waals surface area contributed by atoms with E-state index in [1.54, 1.807) is 37.4 Å². The van der Waals surface area contributed by atoms with Gasteiger partial charge in [0.2, 0.25) is 0 Å². The molecule has 0 aromatic carbocycles. The van der Waals surface area contributed by atoms with Gasteiger partial charge in [0, 0.05) is 17.7 Å². The van der Waals surface area contributed by atoms with E-state index in [9.17, 15) is 0 Å². The van der Waals surface area contributed by atoms with Gasteiger partial charge in [-0.3, -0.25) is 5.10 Å². The van der Waals surface area contributed by atoms with Crippen molar-refractivity contribution in [1.82, 2.24) is 20.4 Å². The summed E-state index contributed by atoms with van der Waals surface area (Å²) in [6.45, 7) is 7.67. The summed E-state index contributed by atoms with van der Waals surface area (Å²) in [5.74, 6) is 0.531. The van der Waals surface area contributed by atoms with Crippen molar-refractivity contribution in [3.05, 3.63) is 53.1 Å². The lowest BCUT2D eigenvalue weighted by Crippen LogP contribution is -1.98. The van der Waals surface area contributed by atoms with Crippen molar-refractivity contribution in [1.29, 1.82) is 5.26 Å². The predicted molar refractivity (Wildman–Crippen MR) is 85.1 cm³/mol. The van der Waals surface area contributed by atoms with Crippen LogP contribution in [-0.2, 0) is 0 Å². The monoisotopic (exact) mass is 305 g/mol. The van der Waals surface area contributed by atoms with Crippen molar-refractivity contribution in [2.24, 2.45) is 0 Å². The number of aromatic nitrogens is 4. The van der Waals surface area contributed by atoms with E-state index in [1.807, 2.05) is 32.9 Å². The Balaban J connectivity index is 0.00000191. The molecule has 0 fully saturated rings. The first kappa shape index (κ1) is 18.8. The Morgan fingerprint density at radius 2 is 2.14 bits per heavy atom. The molecule has 0 bridgehead atoms. The standard InChI is InChI=1S/C13H14ClN5.C2H6/c1-10(9-15)5-3-6-11(2)13-18-16-8-4-7-12(14)17-19-13;1-2/h3-8,11H,1-2H3,(H,18,19);1-2H3/b6-3-,7-4?,10-5+,16-8?,17-12?;. The van der Waals surface area contributed by atoms with Gasteiger partial charge in [-0.05, 0) is 25.1 Å². The van der Waals surface area contributed by atoms with Gasteiger partial charge < -0.3 is 0 Å². The van der Waals surface area contributed by atoms with Crippen molar-refractivity contribution in [3.8, 4) is 6.07 Å². The molecule has 0 aliphatic heterocycles. The SMILES string of the molecule is C/C(C#N)=C\C=C/C(C)c1nnc(Cl)cccn[nH]1.CC. The van der Waals surface area contributed by atoms with Crippen molar-refractivity contribution < 1.29 is 0 Å². The molecule has 1 heterocycles. The van der Waals surface area contributed by atoms with E-state index in [0.717, 1.165) is 0 Å². The second-order valence-electron chi connectivity index (χ2n) is 3.79. The Labute approximate surface area is 130 Å². The van der Waals surface area contributed by atoms with Crippen LogP contribution in [0.3, 0.4) is 0 Å². The third kappa shape index (κ3) is 8.56. The fourth-order valence-corrected chi connectivity index (χ4v) is 1.22. The lowest BCUT2D eigenvalue weighted by Gasteiger charge is -2.00. The van der Waals surface area contributed by atoms with Crippen LogP contribution < -0.4 is 0 Å². The molecule has 112 valence electrons. The highest BCUT2D eigenvalue weighted by Gasteiger charge is 2.02. The van der Waals surface area contributed by atoms with E-state index in [0.29, 0.717) is 11.4 Å². The number of halogens is 1. The van der Waals surface area contributed by atoms with Crippen molar-refractivity contribution >= 4 is 11.6 Å². The first-order valence-electron chi connectivity index (χ1n) is 6.65. The maximum Gasteiger partial charge on any atom is 0.151 e. The van der Waals surface area contributed by atoms with Gasteiger partial charge in [-0.25, -0.2) is 0 Å². The number of nitrogens with zero attached hydrogens (tertiary/aromatic N) is 4. The summed E-state index contributed by atoms with van der Waals surface area (Å²) >= 11 is 5.80. The molecule has 0 saturated heterocycles. The van der Waals surface area contributed by atoms with E-state index >= 15 is 0 Å². The molecule has 1 rings (SSSR count). The molecule has 0 saturated carbocycles. The van der Waals surface area contributed by atoms with Gasteiger partial charge in [-0.1, -0.05) is 44.5 Å². The average Bonchev–Trinajstić information content (AvgIpc) is 2.61. The Kier molecular flexibility index (Phi) is 10.4. The molecule has 1 atom stereocenters. The van der Waals surface area contributed by atoms with Gasteiger partial charge in [-0.15, -0.1) is 10.2 Å². The summed E-state index contributed by atoms with van der Waals surface area (Å²) < 4.78 is 0. The largest absolute Gasteiger partial charge is 0.263 e. The Morgan fingerprint density at radius 1 is 1.43 bits per heavy atom. The molecule has 0 aliphatic carbocycles. The van der Waals surface area contributed by atoms with Gasteiger partial charge in [0.15, 0.2) is 11.0 Å². The average molecular weight is 306 g/mol. The first-order valence-corrected chi connectivity index (χ1v) is 7.03. The quantitative estimate of drug-likeness (QED) is 0.672. The summed E-state index contributed by atoms with van der Waals surface area (Å²) in [6.07, 6.45) is 6.98. The van der Waals surface area contributed by atoms with E-state index in [4.69, 9.17) is 16.9 Å². The smallest absolute Gasteiger partial charge is 0.151 e. The fraction of sp³-hybridized carbons (Fsp3) is 0.333. The third-order valence-electron chi connectivity index (χ3n) is 2.18. The van der Waals surface area contributed by atoms with Crippen molar-refractivity contribution in [2.75, 3.05) is 0 Å². The van der Waals surface area contributed by atoms with Gasteiger partial charge in [-0.2, -0.15) is 10.4 Å². The maximum absolute atomic E-state index is 8.63. The molecule has 6 heteroatoms. The van der Waals surface area contributed by atoms with Crippen LogP contribution in [0.4, 0.5) is 0 Å². The Bertz CT molecular complexity index is 568. The van der Waals surface area contributed by atoms with Gasteiger partial charge in [0.05, 0.1) is 6.07 Å². The van der Waals surface area contributed by atoms with E-state index in [-0.39, 0.29) is 11.1 Å². The maximum atomic E-state index is 8.63. The number of nitrogens with one attached hydrogen (secondary N) is 1. The molecular weight excluding hydrogens is 286 g/mol. The molecule has 5 nitrogen and oxygen atoms in total. The fourth-order valence-electron chi connectivity index (χ4n) is 1.11. The zero-order valence-corrected chi connectivity index (χ0v) is 13.5. The topological polar surface area (TPSA) is 78.2 Å². The van der Waals surface area contributed by atoms with Crippen LogP contribution in [0.25, 0.3) is 0 Å². The highest BCUT2D eigenvalue weighted by Crippen LogP contribution is 2.09. The molecule has 1 aromatic rings. The molecule has 0 spiro atoms. The first-order chi connectivity index (χ1) is 10.1. The van der Waals surface area contributed by atoms with Gasteiger partial charge >= 0.3 is 0 Å². The lowest BCUT2D eigenvalue weighted by molar-refractivity contribution is 0.769. The summed E-state index contributed by atoms with van der Waals surface area (Å²) in [6, 6.07) is 5.30. The molecule has 1 unspecified atom stereocenters. The number of H-pyrrole nitrogens is 1. The second-order valence-corrected chi connectivity index (χ2v) is 4.18. The molecule has 0 radical (unpaired) electrons. The number of aromatic amines is 1. The van der Waals surface area contributed by atoms with Crippen LogP contribution in [0.1, 0.15) is 39.4 Å². The van der Waals surface area contributed by atoms with Crippen LogP contribution in [0.2, 0.25) is 5.15 Å². The van der Waals surface area contributed by atoms with Crippen molar-refractivity contribution in [2.45, 2.75) is 33.6 Å². The Hall–Kier alpha value is -2.19. The lowest BCUT2D eigenvalue weighted by atomic mass is 10.1. The number of allylic oxidation sites excluding steroid dienone is 4. The minimum absolute atomic E-state index is 0.0359. The number of hydrogen-bond donors (Lipinski definition) is 1. The minimum atomic E-state index is -0.0359.